The third kappa shape index (κ3) is 2.45. The number of rotatable bonds is 3. The minimum absolute atomic E-state index is 0.0554. The van der Waals surface area contributed by atoms with Crippen LogP contribution in [0.5, 0.6) is 0 Å². The third-order valence-corrected chi connectivity index (χ3v) is 5.96. The Morgan fingerprint density at radius 2 is 2.20 bits per heavy atom. The van der Waals surface area contributed by atoms with Crippen molar-refractivity contribution in [3.8, 4) is 0 Å². The van der Waals surface area contributed by atoms with Gasteiger partial charge in [0.15, 0.2) is 9.84 Å². The first-order valence-electron chi connectivity index (χ1n) is 6.82. The number of hydrogen-bond acceptors (Lipinski definition) is 4. The van der Waals surface area contributed by atoms with E-state index in [2.05, 4.69) is 4.98 Å². The molecule has 2 aromatic rings. The second-order valence-corrected chi connectivity index (χ2v) is 7.84. The van der Waals surface area contributed by atoms with Crippen LogP contribution >= 0.6 is 0 Å². The first-order valence-corrected chi connectivity index (χ1v) is 8.65. The minimum Gasteiger partial charge on any atom is -0.331 e. The van der Waals surface area contributed by atoms with Crippen molar-refractivity contribution in [3.63, 3.8) is 0 Å². The van der Waals surface area contributed by atoms with Gasteiger partial charge in [0, 0.05) is 19.5 Å². The van der Waals surface area contributed by atoms with E-state index in [1.54, 1.807) is 0 Å². The Morgan fingerprint density at radius 3 is 2.85 bits per heavy atom. The van der Waals surface area contributed by atoms with E-state index < -0.39 is 9.84 Å². The lowest BCUT2D eigenvalue weighted by Gasteiger charge is -2.17. The number of fused-ring (bicyclic) bond motifs is 1. The Kier molecular flexibility index (Phi) is 3.30. The molecule has 1 aromatic carbocycles. The van der Waals surface area contributed by atoms with E-state index >= 15 is 0 Å². The maximum atomic E-state index is 11.5. The van der Waals surface area contributed by atoms with Gasteiger partial charge in [-0.25, -0.2) is 13.4 Å². The van der Waals surface area contributed by atoms with Crippen molar-refractivity contribution in [2.75, 3.05) is 11.5 Å². The number of nitrogens with zero attached hydrogens (tertiary/aromatic N) is 2. The van der Waals surface area contributed by atoms with Crippen LogP contribution in [-0.2, 0) is 23.3 Å². The summed E-state index contributed by atoms with van der Waals surface area (Å²) >= 11 is 0. The molecule has 0 bridgehead atoms. The van der Waals surface area contributed by atoms with Crippen LogP contribution in [0.3, 0.4) is 0 Å². The number of aryl methyl sites for hydroxylation is 1. The lowest BCUT2D eigenvalue weighted by molar-refractivity contribution is 0.450. The number of para-hydroxylation sites is 2. The highest BCUT2D eigenvalue weighted by Gasteiger charge is 2.32. The van der Waals surface area contributed by atoms with Gasteiger partial charge in [0.05, 0.1) is 22.5 Å². The van der Waals surface area contributed by atoms with Crippen LogP contribution in [0.2, 0.25) is 0 Å². The van der Waals surface area contributed by atoms with Crippen molar-refractivity contribution < 1.29 is 8.42 Å². The first-order chi connectivity index (χ1) is 9.46. The molecule has 0 saturated carbocycles. The fourth-order valence-electron chi connectivity index (χ4n) is 2.92. The molecule has 1 aliphatic rings. The highest BCUT2D eigenvalue weighted by Crippen LogP contribution is 2.23. The molecule has 2 N–H and O–H groups in total. The van der Waals surface area contributed by atoms with Gasteiger partial charge < -0.3 is 10.3 Å². The second-order valence-electron chi connectivity index (χ2n) is 5.61. The van der Waals surface area contributed by atoms with Crippen molar-refractivity contribution in [1.82, 2.24) is 9.55 Å². The topological polar surface area (TPSA) is 78.0 Å². The van der Waals surface area contributed by atoms with Gasteiger partial charge in [-0.15, -0.1) is 0 Å². The maximum Gasteiger partial charge on any atom is 0.150 e. The highest BCUT2D eigenvalue weighted by atomic mass is 32.2. The zero-order valence-corrected chi connectivity index (χ0v) is 12.3. The Hall–Kier alpha value is -1.40. The van der Waals surface area contributed by atoms with Crippen LogP contribution in [0.25, 0.3) is 11.0 Å². The van der Waals surface area contributed by atoms with Crippen molar-refractivity contribution >= 4 is 20.9 Å². The molecular formula is C14H19N3O2S. The van der Waals surface area contributed by atoms with Crippen molar-refractivity contribution in [1.29, 1.82) is 0 Å². The van der Waals surface area contributed by atoms with Crippen LogP contribution < -0.4 is 5.73 Å². The molecule has 20 heavy (non-hydrogen) atoms. The molecule has 0 spiro atoms. The molecule has 0 aliphatic carbocycles. The van der Waals surface area contributed by atoms with Crippen LogP contribution in [0, 0.1) is 5.92 Å². The molecule has 108 valence electrons. The zero-order chi connectivity index (χ0) is 14.3. The Balaban J connectivity index is 1.81. The van der Waals surface area contributed by atoms with E-state index in [-0.39, 0.29) is 23.5 Å². The van der Waals surface area contributed by atoms with E-state index in [1.807, 2.05) is 35.9 Å². The van der Waals surface area contributed by atoms with Crippen molar-refractivity contribution in [3.05, 3.63) is 30.1 Å². The predicted molar refractivity (Wildman–Crippen MR) is 79.2 cm³/mol. The van der Waals surface area contributed by atoms with Crippen LogP contribution in [0.4, 0.5) is 0 Å². The Labute approximate surface area is 118 Å². The highest BCUT2D eigenvalue weighted by molar-refractivity contribution is 7.91. The summed E-state index contributed by atoms with van der Waals surface area (Å²) in [6, 6.07) is 7.80. The molecule has 0 radical (unpaired) electrons. The molecule has 6 heteroatoms. The number of benzene rings is 1. The lowest BCUT2D eigenvalue weighted by Crippen LogP contribution is -2.33. The molecule has 1 aliphatic heterocycles. The fraction of sp³-hybridized carbons (Fsp3) is 0.500. The molecule has 2 unspecified atom stereocenters. The number of nitrogens with two attached hydrogens (primary N) is 1. The van der Waals surface area contributed by atoms with Gasteiger partial charge in [-0.1, -0.05) is 12.1 Å². The van der Waals surface area contributed by atoms with Gasteiger partial charge in [-0.2, -0.15) is 0 Å². The molecule has 1 aromatic heterocycles. The van der Waals surface area contributed by atoms with Gasteiger partial charge in [-0.3, -0.25) is 0 Å². The maximum absolute atomic E-state index is 11.5. The number of imidazole rings is 1. The third-order valence-electron chi connectivity index (χ3n) is 4.17. The standard InChI is InChI=1S/C14H19N3O2S/c1-17-13-5-3-2-4-12(13)16-14(17)8-11(15)10-6-7-20(18,19)9-10/h2-5,10-11H,6-9,15H2,1H3. The van der Waals surface area contributed by atoms with E-state index in [9.17, 15) is 8.42 Å². The molecule has 2 heterocycles. The average Bonchev–Trinajstić information content (AvgIpc) is 2.92. The molecular weight excluding hydrogens is 274 g/mol. The summed E-state index contributed by atoms with van der Waals surface area (Å²) in [6.07, 6.45) is 1.29. The van der Waals surface area contributed by atoms with E-state index in [0.29, 0.717) is 12.8 Å². The number of aromatic nitrogens is 2. The molecule has 0 amide bonds. The summed E-state index contributed by atoms with van der Waals surface area (Å²) in [6.45, 7) is 0. The van der Waals surface area contributed by atoms with E-state index in [4.69, 9.17) is 5.73 Å². The normalized spacial score (nSPS) is 23.2. The van der Waals surface area contributed by atoms with E-state index in [0.717, 1.165) is 16.9 Å². The predicted octanol–water partition coefficient (Wildman–Crippen LogP) is 0.878. The summed E-state index contributed by atoms with van der Waals surface area (Å²) in [5.41, 5.74) is 8.24. The van der Waals surface area contributed by atoms with Gasteiger partial charge in [0.1, 0.15) is 5.82 Å². The van der Waals surface area contributed by atoms with Gasteiger partial charge in [-0.05, 0) is 24.5 Å². The van der Waals surface area contributed by atoms with Crippen LogP contribution in [0.15, 0.2) is 24.3 Å². The number of hydrogen-bond donors (Lipinski definition) is 1. The van der Waals surface area contributed by atoms with Crippen molar-refractivity contribution in [2.24, 2.45) is 18.7 Å². The monoisotopic (exact) mass is 293 g/mol. The Morgan fingerprint density at radius 1 is 1.45 bits per heavy atom. The van der Waals surface area contributed by atoms with Gasteiger partial charge in [0.2, 0.25) is 0 Å². The first kappa shape index (κ1) is 13.6. The number of sulfone groups is 1. The lowest BCUT2D eigenvalue weighted by atomic mass is 9.97. The molecule has 3 rings (SSSR count). The fourth-order valence-corrected chi connectivity index (χ4v) is 4.81. The van der Waals surface area contributed by atoms with Crippen molar-refractivity contribution in [2.45, 2.75) is 18.9 Å². The van der Waals surface area contributed by atoms with Crippen LogP contribution in [0.1, 0.15) is 12.2 Å². The van der Waals surface area contributed by atoms with Gasteiger partial charge >= 0.3 is 0 Å². The Bertz CT molecular complexity index is 736. The van der Waals surface area contributed by atoms with Crippen LogP contribution in [-0.4, -0.2) is 35.5 Å². The van der Waals surface area contributed by atoms with E-state index in [1.165, 1.54) is 0 Å². The molecule has 1 fully saturated rings. The summed E-state index contributed by atoms with van der Waals surface area (Å²) in [4.78, 5) is 4.59. The molecule has 1 saturated heterocycles. The zero-order valence-electron chi connectivity index (χ0n) is 11.5. The summed E-state index contributed by atoms with van der Waals surface area (Å²) < 4.78 is 25.1. The smallest absolute Gasteiger partial charge is 0.150 e. The molecule has 5 nitrogen and oxygen atoms in total. The minimum atomic E-state index is -2.87. The quantitative estimate of drug-likeness (QED) is 0.911. The average molecular weight is 293 g/mol. The second kappa shape index (κ2) is 4.86. The molecule has 2 atom stereocenters. The summed E-state index contributed by atoms with van der Waals surface area (Å²) in [7, 11) is -0.900. The van der Waals surface area contributed by atoms with Gasteiger partial charge in [0.25, 0.3) is 0 Å². The largest absolute Gasteiger partial charge is 0.331 e. The summed E-state index contributed by atoms with van der Waals surface area (Å²) in [5.74, 6) is 1.47. The summed E-state index contributed by atoms with van der Waals surface area (Å²) in [5, 5.41) is 0. The SMILES string of the molecule is Cn1c(CC(N)C2CCS(=O)(=O)C2)nc2ccccc21.